The number of anilines is 2. The van der Waals surface area contributed by atoms with Gasteiger partial charge < -0.3 is 5.32 Å². The van der Waals surface area contributed by atoms with Crippen LogP contribution in [0.4, 0.5) is 11.5 Å². The molecule has 0 atom stereocenters. The smallest absolute Gasteiger partial charge is 0.142 e. The minimum atomic E-state index is 0.404. The van der Waals surface area contributed by atoms with E-state index in [0.29, 0.717) is 11.5 Å². The fraction of sp³-hybridized carbons (Fsp3) is 0.0769. The Kier molecular flexibility index (Phi) is 3.40. The molecule has 0 aliphatic heterocycles. The lowest BCUT2D eigenvalue weighted by atomic mass is 10.2. The van der Waals surface area contributed by atoms with Gasteiger partial charge in [-0.05, 0) is 36.8 Å². The van der Waals surface area contributed by atoms with Crippen LogP contribution in [-0.4, -0.2) is 4.98 Å². The average molecular weight is 288 g/mol. The first kappa shape index (κ1) is 11.6. The molecule has 0 bridgehead atoms. The third kappa shape index (κ3) is 2.83. The molecule has 0 unspecified atom stereocenters. The van der Waals surface area contributed by atoms with Crippen LogP contribution in [0.1, 0.15) is 11.3 Å². The summed E-state index contributed by atoms with van der Waals surface area (Å²) in [5.74, 6) is 0.666. The Morgan fingerprint density at radius 1 is 1.29 bits per heavy atom. The Bertz CT molecular complexity index is 587. The molecule has 1 heterocycles. The molecule has 0 aliphatic rings. The van der Waals surface area contributed by atoms with E-state index in [-0.39, 0.29) is 0 Å². The van der Waals surface area contributed by atoms with Crippen molar-refractivity contribution in [3.05, 3.63) is 52.1 Å². The van der Waals surface area contributed by atoms with Crippen LogP contribution in [0.25, 0.3) is 0 Å². The molecular weight excluding hydrogens is 278 g/mol. The zero-order chi connectivity index (χ0) is 12.3. The second-order valence-electron chi connectivity index (χ2n) is 3.61. The number of nitrogens with one attached hydrogen (secondary N) is 1. The van der Waals surface area contributed by atoms with E-state index in [1.54, 1.807) is 12.1 Å². The minimum Gasteiger partial charge on any atom is -0.340 e. The van der Waals surface area contributed by atoms with E-state index in [2.05, 4.69) is 26.2 Å². The molecule has 0 saturated heterocycles. The van der Waals surface area contributed by atoms with Crippen molar-refractivity contribution in [3.63, 3.8) is 0 Å². The second-order valence-corrected chi connectivity index (χ2v) is 4.46. The SMILES string of the molecule is Cc1ccc(Nc2cccc(C#N)n2)cc1Br. The van der Waals surface area contributed by atoms with Crippen LogP contribution in [0.2, 0.25) is 0 Å². The Hall–Kier alpha value is -1.86. The fourth-order valence-electron chi connectivity index (χ4n) is 1.39. The van der Waals surface area contributed by atoms with Gasteiger partial charge in [-0.2, -0.15) is 5.26 Å². The van der Waals surface area contributed by atoms with E-state index in [0.717, 1.165) is 10.2 Å². The molecule has 1 aromatic carbocycles. The molecule has 17 heavy (non-hydrogen) atoms. The largest absolute Gasteiger partial charge is 0.340 e. The van der Waals surface area contributed by atoms with Gasteiger partial charge in [0.2, 0.25) is 0 Å². The molecule has 0 saturated carbocycles. The first-order valence-corrected chi connectivity index (χ1v) is 5.88. The van der Waals surface area contributed by atoms with E-state index in [4.69, 9.17) is 5.26 Å². The summed E-state index contributed by atoms with van der Waals surface area (Å²) in [6, 6.07) is 13.3. The van der Waals surface area contributed by atoms with Crippen molar-refractivity contribution in [2.24, 2.45) is 0 Å². The van der Waals surface area contributed by atoms with E-state index in [1.807, 2.05) is 37.3 Å². The molecule has 2 aromatic rings. The maximum Gasteiger partial charge on any atom is 0.142 e. The molecular formula is C13H10BrN3. The lowest BCUT2D eigenvalue weighted by molar-refractivity contribution is 1.25. The Balaban J connectivity index is 2.25. The van der Waals surface area contributed by atoms with Crippen molar-refractivity contribution in [1.29, 1.82) is 5.26 Å². The van der Waals surface area contributed by atoms with Gasteiger partial charge in [-0.15, -0.1) is 0 Å². The first-order valence-electron chi connectivity index (χ1n) is 5.09. The minimum absolute atomic E-state index is 0.404. The van der Waals surface area contributed by atoms with Gasteiger partial charge in [0.1, 0.15) is 17.6 Å². The average Bonchev–Trinajstić information content (AvgIpc) is 2.34. The van der Waals surface area contributed by atoms with Gasteiger partial charge in [-0.25, -0.2) is 4.98 Å². The Labute approximate surface area is 108 Å². The highest BCUT2D eigenvalue weighted by Crippen LogP contribution is 2.22. The van der Waals surface area contributed by atoms with Gasteiger partial charge >= 0.3 is 0 Å². The number of rotatable bonds is 2. The second kappa shape index (κ2) is 4.98. The molecule has 1 N–H and O–H groups in total. The Morgan fingerprint density at radius 2 is 2.12 bits per heavy atom. The number of aryl methyl sites for hydroxylation is 1. The first-order chi connectivity index (χ1) is 8.19. The van der Waals surface area contributed by atoms with Crippen LogP contribution in [0.5, 0.6) is 0 Å². The van der Waals surface area contributed by atoms with E-state index in [9.17, 15) is 0 Å². The summed E-state index contributed by atoms with van der Waals surface area (Å²) in [5, 5.41) is 11.9. The molecule has 0 radical (unpaired) electrons. The number of nitriles is 1. The summed E-state index contributed by atoms with van der Waals surface area (Å²) < 4.78 is 1.04. The Morgan fingerprint density at radius 3 is 2.82 bits per heavy atom. The van der Waals surface area contributed by atoms with E-state index in [1.165, 1.54) is 5.56 Å². The summed E-state index contributed by atoms with van der Waals surface area (Å²) >= 11 is 3.47. The van der Waals surface area contributed by atoms with Gasteiger partial charge in [-0.3, -0.25) is 0 Å². The summed E-state index contributed by atoms with van der Waals surface area (Å²) in [5.41, 5.74) is 2.51. The molecule has 1 aromatic heterocycles. The third-order valence-corrected chi connectivity index (χ3v) is 3.16. The monoisotopic (exact) mass is 287 g/mol. The zero-order valence-electron chi connectivity index (χ0n) is 9.24. The van der Waals surface area contributed by atoms with Crippen LogP contribution >= 0.6 is 15.9 Å². The standard InChI is InChI=1S/C13H10BrN3/c1-9-5-6-10(7-12(9)14)16-13-4-2-3-11(8-15)17-13/h2-7H,1H3,(H,16,17). The van der Waals surface area contributed by atoms with Crippen LogP contribution in [-0.2, 0) is 0 Å². The molecule has 4 heteroatoms. The van der Waals surface area contributed by atoms with Gasteiger partial charge in [0.15, 0.2) is 0 Å². The van der Waals surface area contributed by atoms with Crippen LogP contribution in [0.3, 0.4) is 0 Å². The van der Waals surface area contributed by atoms with Crippen LogP contribution < -0.4 is 5.32 Å². The third-order valence-electron chi connectivity index (χ3n) is 2.31. The van der Waals surface area contributed by atoms with Gasteiger partial charge in [0.25, 0.3) is 0 Å². The number of hydrogen-bond donors (Lipinski definition) is 1. The quantitative estimate of drug-likeness (QED) is 0.915. The fourth-order valence-corrected chi connectivity index (χ4v) is 1.76. The lowest BCUT2D eigenvalue weighted by Gasteiger charge is -2.07. The molecule has 0 fully saturated rings. The predicted molar refractivity (Wildman–Crippen MR) is 71.1 cm³/mol. The number of hydrogen-bond acceptors (Lipinski definition) is 3. The number of pyridine rings is 1. The zero-order valence-corrected chi connectivity index (χ0v) is 10.8. The predicted octanol–water partition coefficient (Wildman–Crippen LogP) is 3.77. The van der Waals surface area contributed by atoms with Crippen molar-refractivity contribution in [1.82, 2.24) is 4.98 Å². The normalized spacial score (nSPS) is 9.71. The molecule has 0 spiro atoms. The van der Waals surface area contributed by atoms with Crippen molar-refractivity contribution < 1.29 is 0 Å². The maximum atomic E-state index is 8.76. The van der Waals surface area contributed by atoms with E-state index >= 15 is 0 Å². The van der Waals surface area contributed by atoms with Crippen molar-refractivity contribution in [2.45, 2.75) is 6.92 Å². The lowest BCUT2D eigenvalue weighted by Crippen LogP contribution is -1.95. The summed E-state index contributed by atoms with van der Waals surface area (Å²) in [6.45, 7) is 2.03. The summed E-state index contributed by atoms with van der Waals surface area (Å²) in [4.78, 5) is 4.15. The van der Waals surface area contributed by atoms with Crippen molar-refractivity contribution in [3.8, 4) is 6.07 Å². The van der Waals surface area contributed by atoms with Gasteiger partial charge in [0.05, 0.1) is 0 Å². The topological polar surface area (TPSA) is 48.7 Å². The van der Waals surface area contributed by atoms with Crippen molar-refractivity contribution >= 4 is 27.4 Å². The molecule has 0 amide bonds. The van der Waals surface area contributed by atoms with E-state index < -0.39 is 0 Å². The van der Waals surface area contributed by atoms with Gasteiger partial charge in [0, 0.05) is 10.2 Å². The highest BCUT2D eigenvalue weighted by atomic mass is 79.9. The molecule has 3 nitrogen and oxygen atoms in total. The van der Waals surface area contributed by atoms with Crippen molar-refractivity contribution in [2.75, 3.05) is 5.32 Å². The number of nitrogens with zero attached hydrogens (tertiary/aromatic N) is 2. The van der Waals surface area contributed by atoms with Crippen LogP contribution in [0, 0.1) is 18.3 Å². The summed E-state index contributed by atoms with van der Waals surface area (Å²) in [7, 11) is 0. The molecule has 2 rings (SSSR count). The van der Waals surface area contributed by atoms with Gasteiger partial charge in [-0.1, -0.05) is 28.1 Å². The highest BCUT2D eigenvalue weighted by molar-refractivity contribution is 9.10. The molecule has 0 aliphatic carbocycles. The summed E-state index contributed by atoms with van der Waals surface area (Å²) in [6.07, 6.45) is 0. The number of benzene rings is 1. The number of aromatic nitrogens is 1. The maximum absolute atomic E-state index is 8.76. The molecule has 84 valence electrons. The highest BCUT2D eigenvalue weighted by Gasteiger charge is 2.00. The number of halogens is 1. The van der Waals surface area contributed by atoms with Crippen LogP contribution in [0.15, 0.2) is 40.9 Å².